The van der Waals surface area contributed by atoms with Crippen molar-refractivity contribution in [2.75, 3.05) is 6.54 Å². The van der Waals surface area contributed by atoms with E-state index in [1.807, 2.05) is 19.9 Å². The quantitative estimate of drug-likeness (QED) is 0.917. The highest BCUT2D eigenvalue weighted by Crippen LogP contribution is 2.61. The molecular formula is C20H27N5O. The van der Waals surface area contributed by atoms with Gasteiger partial charge in [-0.3, -0.25) is 4.79 Å². The van der Waals surface area contributed by atoms with Crippen LogP contribution in [-0.4, -0.2) is 32.0 Å². The van der Waals surface area contributed by atoms with Gasteiger partial charge >= 0.3 is 0 Å². The Balaban J connectivity index is 1.25. The summed E-state index contributed by atoms with van der Waals surface area (Å²) < 4.78 is 1.64. The summed E-state index contributed by atoms with van der Waals surface area (Å²) in [5.41, 5.74) is 2.31. The van der Waals surface area contributed by atoms with Gasteiger partial charge in [0.1, 0.15) is 0 Å². The summed E-state index contributed by atoms with van der Waals surface area (Å²) in [6.07, 6.45) is 9.62. The summed E-state index contributed by atoms with van der Waals surface area (Å²) in [5.74, 6) is 3.39. The van der Waals surface area contributed by atoms with Crippen molar-refractivity contribution in [3.63, 3.8) is 0 Å². The fourth-order valence-corrected chi connectivity index (χ4v) is 6.38. The maximum absolute atomic E-state index is 12.5. The zero-order valence-electron chi connectivity index (χ0n) is 15.7. The summed E-state index contributed by atoms with van der Waals surface area (Å²) in [6, 6.07) is 1.94. The third-order valence-corrected chi connectivity index (χ3v) is 6.93. The third kappa shape index (κ3) is 2.70. The van der Waals surface area contributed by atoms with Crippen LogP contribution in [0.5, 0.6) is 0 Å². The normalized spacial score (nSPS) is 32.3. The van der Waals surface area contributed by atoms with Gasteiger partial charge in [0.25, 0.3) is 11.7 Å². The fraction of sp³-hybridized carbons (Fsp3) is 0.700. The number of rotatable bonds is 4. The molecule has 0 aromatic carbocycles. The highest BCUT2D eigenvalue weighted by Gasteiger charge is 2.50. The van der Waals surface area contributed by atoms with Crippen LogP contribution in [0.1, 0.15) is 67.0 Å². The molecule has 4 aliphatic carbocycles. The number of carbonyl (C=O) groups is 1. The van der Waals surface area contributed by atoms with Gasteiger partial charge in [-0.25, -0.2) is 9.50 Å². The minimum atomic E-state index is -0.183. The first-order valence-electron chi connectivity index (χ1n) is 9.99. The summed E-state index contributed by atoms with van der Waals surface area (Å²) >= 11 is 0. The van der Waals surface area contributed by atoms with Crippen LogP contribution in [0.4, 0.5) is 0 Å². The molecule has 6 nitrogen and oxygen atoms in total. The van der Waals surface area contributed by atoms with E-state index in [0.717, 1.165) is 42.1 Å². The van der Waals surface area contributed by atoms with E-state index in [9.17, 15) is 4.79 Å². The van der Waals surface area contributed by atoms with E-state index in [1.54, 1.807) is 4.52 Å². The molecule has 1 amide bonds. The van der Waals surface area contributed by atoms with Gasteiger partial charge in [-0.05, 0) is 88.0 Å². The van der Waals surface area contributed by atoms with Gasteiger partial charge < -0.3 is 5.32 Å². The number of aryl methyl sites for hydroxylation is 2. The monoisotopic (exact) mass is 353 g/mol. The first kappa shape index (κ1) is 16.2. The molecule has 0 unspecified atom stereocenters. The lowest BCUT2D eigenvalue weighted by Gasteiger charge is -2.57. The van der Waals surface area contributed by atoms with Crippen LogP contribution in [0.2, 0.25) is 0 Å². The van der Waals surface area contributed by atoms with Gasteiger partial charge in [-0.1, -0.05) is 0 Å². The van der Waals surface area contributed by atoms with Crippen molar-refractivity contribution in [2.45, 2.75) is 58.8 Å². The molecule has 138 valence electrons. The zero-order valence-corrected chi connectivity index (χ0v) is 15.7. The Labute approximate surface area is 153 Å². The van der Waals surface area contributed by atoms with Gasteiger partial charge in [-0.2, -0.15) is 4.98 Å². The highest BCUT2D eigenvalue weighted by atomic mass is 16.2. The van der Waals surface area contributed by atoms with Crippen molar-refractivity contribution in [1.82, 2.24) is 24.9 Å². The molecule has 4 bridgehead atoms. The molecular weight excluding hydrogens is 326 g/mol. The average Bonchev–Trinajstić information content (AvgIpc) is 2.97. The van der Waals surface area contributed by atoms with Crippen LogP contribution in [0.3, 0.4) is 0 Å². The van der Waals surface area contributed by atoms with E-state index < -0.39 is 0 Å². The Morgan fingerprint density at radius 3 is 2.46 bits per heavy atom. The van der Waals surface area contributed by atoms with Crippen molar-refractivity contribution >= 4 is 11.7 Å². The maximum Gasteiger partial charge on any atom is 0.291 e. The van der Waals surface area contributed by atoms with E-state index in [0.29, 0.717) is 11.2 Å². The molecule has 1 N–H and O–H groups in total. The Morgan fingerprint density at radius 2 is 1.81 bits per heavy atom. The molecule has 4 saturated carbocycles. The van der Waals surface area contributed by atoms with Crippen molar-refractivity contribution in [2.24, 2.45) is 23.2 Å². The van der Waals surface area contributed by atoms with Crippen LogP contribution in [0.25, 0.3) is 5.78 Å². The topological polar surface area (TPSA) is 72.2 Å². The second kappa shape index (κ2) is 5.76. The van der Waals surface area contributed by atoms with Gasteiger partial charge in [0.15, 0.2) is 0 Å². The number of hydrogen-bond donors (Lipinski definition) is 1. The SMILES string of the molecule is Cc1cc(C)n2nc(C(=O)NCCC34CC5CC(CC(C5)C3)C4)nc2n1. The number of amides is 1. The maximum atomic E-state index is 12.5. The Kier molecular flexibility index (Phi) is 3.59. The second-order valence-corrected chi connectivity index (χ2v) is 9.11. The second-order valence-electron chi connectivity index (χ2n) is 9.11. The van der Waals surface area contributed by atoms with Gasteiger partial charge in [0.2, 0.25) is 5.82 Å². The molecule has 26 heavy (non-hydrogen) atoms. The van der Waals surface area contributed by atoms with E-state index in [1.165, 1.54) is 38.5 Å². The number of nitrogens with one attached hydrogen (secondary N) is 1. The molecule has 6 rings (SSSR count). The van der Waals surface area contributed by atoms with Crippen LogP contribution in [-0.2, 0) is 0 Å². The first-order valence-corrected chi connectivity index (χ1v) is 9.99. The van der Waals surface area contributed by atoms with Crippen molar-refractivity contribution in [1.29, 1.82) is 0 Å². The lowest BCUT2D eigenvalue weighted by atomic mass is 9.49. The molecule has 6 heteroatoms. The zero-order chi connectivity index (χ0) is 17.9. The number of aromatic nitrogens is 4. The molecule has 2 aromatic rings. The molecule has 0 atom stereocenters. The smallest absolute Gasteiger partial charge is 0.291 e. The van der Waals surface area contributed by atoms with Crippen LogP contribution < -0.4 is 5.32 Å². The van der Waals surface area contributed by atoms with E-state index in [-0.39, 0.29) is 11.7 Å². The van der Waals surface area contributed by atoms with Crippen molar-refractivity contribution < 1.29 is 4.79 Å². The molecule has 4 aliphatic rings. The van der Waals surface area contributed by atoms with Crippen LogP contribution in [0, 0.1) is 37.0 Å². The number of fused-ring (bicyclic) bond motifs is 1. The third-order valence-electron chi connectivity index (χ3n) is 6.93. The Morgan fingerprint density at radius 1 is 1.15 bits per heavy atom. The predicted octanol–water partition coefficient (Wildman–Crippen LogP) is 3.08. The minimum absolute atomic E-state index is 0.183. The van der Waals surface area contributed by atoms with Gasteiger partial charge in [0, 0.05) is 17.9 Å². The highest BCUT2D eigenvalue weighted by molar-refractivity contribution is 5.90. The average molecular weight is 353 g/mol. The number of hydrogen-bond acceptors (Lipinski definition) is 4. The largest absolute Gasteiger partial charge is 0.349 e. The van der Waals surface area contributed by atoms with E-state index in [2.05, 4.69) is 20.4 Å². The summed E-state index contributed by atoms with van der Waals surface area (Å²) in [7, 11) is 0. The van der Waals surface area contributed by atoms with Crippen LogP contribution >= 0.6 is 0 Å². The standard InChI is InChI=1S/C20H27N5O/c1-12-5-13(2)25-19(22-12)23-17(24-25)18(26)21-4-3-20-9-14-6-15(10-20)8-16(7-14)11-20/h5,14-16H,3-4,6-11H2,1-2H3,(H,21,26). The van der Waals surface area contributed by atoms with Gasteiger partial charge in [-0.15, -0.1) is 5.10 Å². The predicted molar refractivity (Wildman–Crippen MR) is 97.8 cm³/mol. The molecule has 0 spiro atoms. The molecule has 0 saturated heterocycles. The van der Waals surface area contributed by atoms with Crippen molar-refractivity contribution in [3.8, 4) is 0 Å². The summed E-state index contributed by atoms with van der Waals surface area (Å²) in [5, 5.41) is 7.39. The molecule has 4 fully saturated rings. The van der Waals surface area contributed by atoms with Crippen LogP contribution in [0.15, 0.2) is 6.07 Å². The lowest BCUT2D eigenvalue weighted by Crippen LogP contribution is -2.47. The number of carbonyl (C=O) groups excluding carboxylic acids is 1. The van der Waals surface area contributed by atoms with Crippen molar-refractivity contribution in [3.05, 3.63) is 23.3 Å². The number of nitrogens with zero attached hydrogens (tertiary/aromatic N) is 4. The Hall–Kier alpha value is -1.98. The van der Waals surface area contributed by atoms with E-state index >= 15 is 0 Å². The van der Waals surface area contributed by atoms with E-state index in [4.69, 9.17) is 0 Å². The summed E-state index contributed by atoms with van der Waals surface area (Å²) in [4.78, 5) is 21.2. The lowest BCUT2D eigenvalue weighted by molar-refractivity contribution is -0.0564. The Bertz CT molecular complexity index is 835. The minimum Gasteiger partial charge on any atom is -0.349 e. The molecule has 0 aliphatic heterocycles. The fourth-order valence-electron chi connectivity index (χ4n) is 6.38. The molecule has 2 heterocycles. The molecule has 0 radical (unpaired) electrons. The molecule has 2 aromatic heterocycles. The summed E-state index contributed by atoms with van der Waals surface area (Å²) in [6.45, 7) is 4.60. The van der Waals surface area contributed by atoms with Gasteiger partial charge in [0.05, 0.1) is 0 Å². The first-order chi connectivity index (χ1) is 12.5.